The number of methoxy groups -OCH3 is 1. The smallest absolute Gasteiger partial charge is 0.142 e. The molecule has 152 valence electrons. The summed E-state index contributed by atoms with van der Waals surface area (Å²) in [5.41, 5.74) is 3.64. The first-order chi connectivity index (χ1) is 13.6. The van der Waals surface area contributed by atoms with Crippen LogP contribution in [0.15, 0.2) is 42.5 Å². The molecular weight excluding hydrogens is 352 g/mol. The topological polar surface area (TPSA) is 45.2 Å². The molecule has 0 aliphatic carbocycles. The van der Waals surface area contributed by atoms with Crippen LogP contribution in [-0.4, -0.2) is 62.6 Å². The lowest BCUT2D eigenvalue weighted by atomic mass is 10.1. The number of nitrogens with zero attached hydrogens (tertiary/aromatic N) is 2. The largest absolute Gasteiger partial charge is 0.495 e. The van der Waals surface area contributed by atoms with Gasteiger partial charge < -0.3 is 19.5 Å². The lowest BCUT2D eigenvalue weighted by Gasteiger charge is -2.37. The molecule has 3 rings (SSSR count). The van der Waals surface area contributed by atoms with Gasteiger partial charge in [0.1, 0.15) is 11.5 Å². The summed E-state index contributed by atoms with van der Waals surface area (Å²) in [7, 11) is 1.71. The molecule has 0 bridgehead atoms. The molecule has 2 aromatic carbocycles. The zero-order valence-electron chi connectivity index (χ0n) is 17.2. The Bertz CT molecular complexity index is 757. The molecule has 1 atom stereocenters. The zero-order valence-corrected chi connectivity index (χ0v) is 17.2. The first kappa shape index (κ1) is 20.5. The second-order valence-corrected chi connectivity index (χ2v) is 7.50. The average molecular weight is 385 g/mol. The Kier molecular flexibility index (Phi) is 7.18. The van der Waals surface area contributed by atoms with E-state index in [0.29, 0.717) is 19.6 Å². The third-order valence-electron chi connectivity index (χ3n) is 5.47. The van der Waals surface area contributed by atoms with Crippen LogP contribution in [0.1, 0.15) is 17.5 Å². The van der Waals surface area contributed by atoms with E-state index in [1.54, 1.807) is 7.11 Å². The number of piperazine rings is 1. The molecule has 1 fully saturated rings. The van der Waals surface area contributed by atoms with Gasteiger partial charge in [0, 0.05) is 39.1 Å². The van der Waals surface area contributed by atoms with E-state index in [0.717, 1.165) is 43.4 Å². The summed E-state index contributed by atoms with van der Waals surface area (Å²) < 4.78 is 11.3. The Morgan fingerprint density at radius 3 is 2.46 bits per heavy atom. The summed E-state index contributed by atoms with van der Waals surface area (Å²) in [5.74, 6) is 1.79. The van der Waals surface area contributed by atoms with Crippen molar-refractivity contribution in [3.63, 3.8) is 0 Å². The second-order valence-electron chi connectivity index (χ2n) is 7.50. The molecular formula is C23H32N2O3. The first-order valence-corrected chi connectivity index (χ1v) is 10.0. The van der Waals surface area contributed by atoms with Crippen molar-refractivity contribution in [2.24, 2.45) is 0 Å². The summed E-state index contributed by atoms with van der Waals surface area (Å²) in [6.45, 7) is 9.15. The molecule has 0 spiro atoms. The van der Waals surface area contributed by atoms with E-state index in [2.05, 4.69) is 41.8 Å². The number of benzene rings is 2. The van der Waals surface area contributed by atoms with Crippen LogP contribution < -0.4 is 14.4 Å². The Morgan fingerprint density at radius 1 is 1.00 bits per heavy atom. The third-order valence-corrected chi connectivity index (χ3v) is 5.47. The van der Waals surface area contributed by atoms with Crippen molar-refractivity contribution in [1.29, 1.82) is 0 Å². The average Bonchev–Trinajstić information content (AvgIpc) is 2.71. The molecule has 28 heavy (non-hydrogen) atoms. The lowest BCUT2D eigenvalue weighted by molar-refractivity contribution is 0.0885. The molecule has 0 amide bonds. The minimum Gasteiger partial charge on any atom is -0.495 e. The van der Waals surface area contributed by atoms with Gasteiger partial charge in [0.25, 0.3) is 0 Å². The molecule has 0 saturated carbocycles. The zero-order chi connectivity index (χ0) is 19.9. The Morgan fingerprint density at radius 2 is 1.75 bits per heavy atom. The quantitative estimate of drug-likeness (QED) is 0.757. The molecule has 5 heteroatoms. The highest BCUT2D eigenvalue weighted by atomic mass is 16.5. The van der Waals surface area contributed by atoms with E-state index in [9.17, 15) is 5.11 Å². The maximum Gasteiger partial charge on any atom is 0.142 e. The SMILES string of the molecule is COc1ccccc1N1CCN(CC(O)CCOc2ccc(C)c(C)c2)CC1. The van der Waals surface area contributed by atoms with Gasteiger partial charge in [-0.3, -0.25) is 4.90 Å². The van der Waals surface area contributed by atoms with Crippen LogP contribution in [0.25, 0.3) is 0 Å². The number of hydrogen-bond acceptors (Lipinski definition) is 5. The van der Waals surface area contributed by atoms with Gasteiger partial charge in [0.05, 0.1) is 25.5 Å². The van der Waals surface area contributed by atoms with Gasteiger partial charge in [-0.2, -0.15) is 0 Å². The van der Waals surface area contributed by atoms with Crippen LogP contribution in [0.4, 0.5) is 5.69 Å². The van der Waals surface area contributed by atoms with Gasteiger partial charge in [-0.1, -0.05) is 18.2 Å². The molecule has 1 aliphatic rings. The predicted octanol–water partition coefficient (Wildman–Crippen LogP) is 3.26. The number of hydrogen-bond donors (Lipinski definition) is 1. The van der Waals surface area contributed by atoms with E-state index in [1.807, 2.05) is 24.3 Å². The van der Waals surface area contributed by atoms with Crippen LogP contribution >= 0.6 is 0 Å². The van der Waals surface area contributed by atoms with Crippen LogP contribution in [0.5, 0.6) is 11.5 Å². The summed E-state index contributed by atoms with van der Waals surface area (Å²) >= 11 is 0. The maximum absolute atomic E-state index is 10.4. The molecule has 1 heterocycles. The Hall–Kier alpha value is -2.24. The fraction of sp³-hybridized carbons (Fsp3) is 0.478. The highest BCUT2D eigenvalue weighted by molar-refractivity contribution is 5.58. The Balaban J connectivity index is 1.40. The van der Waals surface area contributed by atoms with E-state index >= 15 is 0 Å². The fourth-order valence-electron chi connectivity index (χ4n) is 3.57. The van der Waals surface area contributed by atoms with Gasteiger partial charge >= 0.3 is 0 Å². The van der Waals surface area contributed by atoms with E-state index < -0.39 is 0 Å². The lowest BCUT2D eigenvalue weighted by Crippen LogP contribution is -2.48. The molecule has 1 aliphatic heterocycles. The molecule has 5 nitrogen and oxygen atoms in total. The molecule has 1 saturated heterocycles. The van der Waals surface area contributed by atoms with Crippen molar-refractivity contribution in [1.82, 2.24) is 4.90 Å². The number of β-amino-alcohol motifs (C(OH)–C–C–N with tert-alkyl or cyclic N) is 1. The van der Waals surface area contributed by atoms with Gasteiger partial charge in [0.2, 0.25) is 0 Å². The number of aryl methyl sites for hydroxylation is 2. The first-order valence-electron chi connectivity index (χ1n) is 10.0. The van der Waals surface area contributed by atoms with Gasteiger partial charge in [0.15, 0.2) is 0 Å². The van der Waals surface area contributed by atoms with Crippen molar-refractivity contribution in [2.75, 3.05) is 51.3 Å². The fourth-order valence-corrected chi connectivity index (χ4v) is 3.57. The normalized spacial score (nSPS) is 16.1. The molecule has 0 aromatic heterocycles. The number of anilines is 1. The standard InChI is InChI=1S/C23H32N2O3/c1-18-8-9-21(16-19(18)2)28-15-10-20(26)17-24-11-13-25(14-12-24)22-6-4-5-7-23(22)27-3/h4-9,16,20,26H,10-15,17H2,1-3H3. The highest BCUT2D eigenvalue weighted by Crippen LogP contribution is 2.28. The third kappa shape index (κ3) is 5.40. The van der Waals surface area contributed by atoms with Crippen molar-refractivity contribution < 1.29 is 14.6 Å². The maximum atomic E-state index is 10.4. The van der Waals surface area contributed by atoms with Gasteiger partial charge in [-0.05, 0) is 49.2 Å². The highest BCUT2D eigenvalue weighted by Gasteiger charge is 2.21. The van der Waals surface area contributed by atoms with E-state index in [-0.39, 0.29) is 6.10 Å². The monoisotopic (exact) mass is 384 g/mol. The minimum atomic E-state index is -0.371. The number of rotatable bonds is 8. The van der Waals surface area contributed by atoms with Crippen molar-refractivity contribution in [3.05, 3.63) is 53.6 Å². The molecule has 1 unspecified atom stereocenters. The predicted molar refractivity (Wildman–Crippen MR) is 114 cm³/mol. The second kappa shape index (κ2) is 9.80. The van der Waals surface area contributed by atoms with E-state index in [1.165, 1.54) is 11.1 Å². The molecule has 2 aromatic rings. The van der Waals surface area contributed by atoms with Crippen LogP contribution in [0.2, 0.25) is 0 Å². The van der Waals surface area contributed by atoms with Crippen molar-refractivity contribution in [2.45, 2.75) is 26.4 Å². The van der Waals surface area contributed by atoms with Crippen LogP contribution in [0.3, 0.4) is 0 Å². The summed E-state index contributed by atoms with van der Waals surface area (Å²) in [6, 6.07) is 14.3. The number of aliphatic hydroxyl groups excluding tert-OH is 1. The van der Waals surface area contributed by atoms with Crippen LogP contribution in [0, 0.1) is 13.8 Å². The minimum absolute atomic E-state index is 0.371. The van der Waals surface area contributed by atoms with Gasteiger partial charge in [-0.25, -0.2) is 0 Å². The summed E-state index contributed by atoms with van der Waals surface area (Å²) in [5, 5.41) is 10.4. The number of aliphatic hydroxyl groups is 1. The molecule has 0 radical (unpaired) electrons. The van der Waals surface area contributed by atoms with Crippen molar-refractivity contribution in [3.8, 4) is 11.5 Å². The van der Waals surface area contributed by atoms with Crippen molar-refractivity contribution >= 4 is 5.69 Å². The summed E-state index contributed by atoms with van der Waals surface area (Å²) in [6.07, 6.45) is 0.268. The number of para-hydroxylation sites is 2. The van der Waals surface area contributed by atoms with Crippen LogP contribution in [-0.2, 0) is 0 Å². The van der Waals surface area contributed by atoms with Gasteiger partial charge in [-0.15, -0.1) is 0 Å². The molecule has 1 N–H and O–H groups in total. The number of ether oxygens (including phenoxy) is 2. The Labute approximate surface area is 168 Å². The summed E-state index contributed by atoms with van der Waals surface area (Å²) in [4.78, 5) is 4.68. The van der Waals surface area contributed by atoms with E-state index in [4.69, 9.17) is 9.47 Å².